The summed E-state index contributed by atoms with van der Waals surface area (Å²) >= 11 is -0.916. The molecule has 0 rings (SSSR count). The van der Waals surface area contributed by atoms with Crippen molar-refractivity contribution in [2.45, 2.75) is 77.1 Å². The molecular formula is C14H32AlNO. The highest BCUT2D eigenvalue weighted by Crippen LogP contribution is 2.10. The van der Waals surface area contributed by atoms with Crippen molar-refractivity contribution in [3.05, 3.63) is 0 Å². The summed E-state index contributed by atoms with van der Waals surface area (Å²) in [6.07, 6.45) is 5.48. The van der Waals surface area contributed by atoms with E-state index in [4.69, 9.17) is 3.79 Å². The van der Waals surface area contributed by atoms with Gasteiger partial charge >= 0.3 is 14.5 Å². The van der Waals surface area contributed by atoms with Crippen molar-refractivity contribution in [2.75, 3.05) is 13.1 Å². The molecule has 0 heterocycles. The number of nitrogens with zero attached hydrogens (tertiary/aromatic N) is 1. The maximum atomic E-state index is 6.27. The van der Waals surface area contributed by atoms with Crippen LogP contribution in [0.5, 0.6) is 0 Å². The predicted octanol–water partition coefficient (Wildman–Crippen LogP) is 4.28. The number of hydrogen-bond acceptors (Lipinski definition) is 2. The molecule has 0 bridgehead atoms. The van der Waals surface area contributed by atoms with Crippen molar-refractivity contribution in [1.82, 2.24) is 4.90 Å². The summed E-state index contributed by atoms with van der Waals surface area (Å²) in [4.78, 5) is 2.54. The average molecular weight is 257 g/mol. The third-order valence-corrected chi connectivity index (χ3v) is 6.01. The van der Waals surface area contributed by atoms with Crippen molar-refractivity contribution >= 4 is 14.5 Å². The van der Waals surface area contributed by atoms with Crippen LogP contribution in [0.2, 0.25) is 10.6 Å². The highest BCUT2D eigenvalue weighted by atomic mass is 27.2. The Morgan fingerprint density at radius 3 is 1.76 bits per heavy atom. The number of hydrogen-bond donors (Lipinski definition) is 0. The van der Waals surface area contributed by atoms with E-state index >= 15 is 0 Å². The first-order valence-corrected chi connectivity index (χ1v) is 9.69. The van der Waals surface area contributed by atoms with Crippen LogP contribution in [0.15, 0.2) is 0 Å². The van der Waals surface area contributed by atoms with E-state index < -0.39 is 14.5 Å². The van der Waals surface area contributed by atoms with Gasteiger partial charge in [0.1, 0.15) is 0 Å². The van der Waals surface area contributed by atoms with E-state index in [1.807, 2.05) is 0 Å². The zero-order chi connectivity index (χ0) is 13.1. The van der Waals surface area contributed by atoms with Crippen LogP contribution in [0.4, 0.5) is 0 Å². The molecule has 0 spiro atoms. The Bertz CT molecular complexity index is 154. The minimum atomic E-state index is -0.916. The normalized spacial score (nSPS) is 13.1. The summed E-state index contributed by atoms with van der Waals surface area (Å²) < 4.78 is 6.27. The lowest BCUT2D eigenvalue weighted by atomic mass is 10.2. The van der Waals surface area contributed by atoms with E-state index in [9.17, 15) is 0 Å². The van der Waals surface area contributed by atoms with Crippen LogP contribution in [0.3, 0.4) is 0 Å². The van der Waals surface area contributed by atoms with Crippen molar-refractivity contribution in [3.8, 4) is 0 Å². The lowest BCUT2D eigenvalue weighted by molar-refractivity contribution is 0.0349. The standard InChI is InChI=1S/C10H22NO.2C2H5.Al/c1-4-6-8-11(10(3)12)9-7-5-2;2*1-2;/h10H,4-9H2,1-3H3;2*1H2,2H3;/q-1;;;+1. The van der Waals surface area contributed by atoms with Gasteiger partial charge in [0.05, 0.1) is 6.23 Å². The van der Waals surface area contributed by atoms with Crippen LogP contribution in [-0.4, -0.2) is 38.7 Å². The predicted molar refractivity (Wildman–Crippen MR) is 78.7 cm³/mol. The third-order valence-electron chi connectivity index (χ3n) is 3.41. The molecule has 0 saturated heterocycles. The molecule has 0 radical (unpaired) electrons. The molecule has 0 aromatic carbocycles. The second-order valence-corrected chi connectivity index (χ2v) is 8.07. The maximum Gasteiger partial charge on any atom is 0.461 e. The fourth-order valence-electron chi connectivity index (χ4n) is 2.04. The summed E-state index contributed by atoms with van der Waals surface area (Å²) in [6.45, 7) is 13.7. The molecule has 3 heteroatoms. The van der Waals surface area contributed by atoms with E-state index in [1.54, 1.807) is 0 Å². The maximum absolute atomic E-state index is 6.27. The monoisotopic (exact) mass is 257 g/mol. The molecule has 17 heavy (non-hydrogen) atoms. The van der Waals surface area contributed by atoms with Crippen LogP contribution < -0.4 is 0 Å². The van der Waals surface area contributed by atoms with Crippen molar-refractivity contribution < 1.29 is 3.79 Å². The molecule has 1 atom stereocenters. The van der Waals surface area contributed by atoms with Crippen LogP contribution in [0, 0.1) is 0 Å². The average Bonchev–Trinajstić information content (AvgIpc) is 2.35. The van der Waals surface area contributed by atoms with Gasteiger partial charge in [-0.05, 0) is 19.8 Å². The third kappa shape index (κ3) is 8.22. The second-order valence-electron chi connectivity index (χ2n) is 4.92. The lowest BCUT2D eigenvalue weighted by Gasteiger charge is -2.31. The van der Waals surface area contributed by atoms with Crippen molar-refractivity contribution in [3.63, 3.8) is 0 Å². The highest BCUT2D eigenvalue weighted by molar-refractivity contribution is 6.51. The minimum Gasteiger partial charge on any atom is -0.487 e. The molecule has 0 fully saturated rings. The zero-order valence-electron chi connectivity index (χ0n) is 12.7. The Hall–Kier alpha value is 0.452. The molecule has 0 aromatic rings. The van der Waals surface area contributed by atoms with Gasteiger partial charge in [0, 0.05) is 13.1 Å². The van der Waals surface area contributed by atoms with Gasteiger partial charge in [-0.15, -0.1) is 0 Å². The fourth-order valence-corrected chi connectivity index (χ4v) is 3.73. The summed E-state index contributed by atoms with van der Waals surface area (Å²) in [5, 5.41) is 2.52. The Labute approximate surface area is 113 Å². The topological polar surface area (TPSA) is 12.5 Å². The number of unbranched alkanes of at least 4 members (excludes halogenated alkanes) is 2. The van der Waals surface area contributed by atoms with Gasteiger partial charge in [-0.1, -0.05) is 51.1 Å². The molecule has 0 aliphatic heterocycles. The van der Waals surface area contributed by atoms with Crippen LogP contribution in [-0.2, 0) is 3.79 Å². The van der Waals surface area contributed by atoms with E-state index in [1.165, 1.54) is 49.3 Å². The largest absolute Gasteiger partial charge is 0.487 e. The molecule has 0 N–H and O–H groups in total. The van der Waals surface area contributed by atoms with E-state index in [-0.39, 0.29) is 0 Å². The summed E-state index contributed by atoms with van der Waals surface area (Å²) in [6, 6.07) is 0. The molecule has 0 amide bonds. The first-order chi connectivity index (χ1) is 8.19. The van der Waals surface area contributed by atoms with E-state index in [0.717, 1.165) is 0 Å². The highest BCUT2D eigenvalue weighted by Gasteiger charge is 2.21. The molecule has 0 saturated carbocycles. The summed E-state index contributed by atoms with van der Waals surface area (Å²) in [5.41, 5.74) is 0. The fraction of sp³-hybridized carbons (Fsp3) is 1.00. The lowest BCUT2D eigenvalue weighted by Crippen LogP contribution is -2.40. The zero-order valence-corrected chi connectivity index (χ0v) is 13.8. The molecule has 0 aromatic heterocycles. The SMILES string of the molecule is CCCCN(CCCC)C(C)[O][Al]([CH2]C)[CH2]C. The van der Waals surface area contributed by atoms with Crippen molar-refractivity contribution in [2.24, 2.45) is 0 Å². The molecule has 102 valence electrons. The van der Waals surface area contributed by atoms with Gasteiger partial charge in [-0.2, -0.15) is 0 Å². The number of rotatable bonds is 11. The Balaban J connectivity index is 4.13. The van der Waals surface area contributed by atoms with Gasteiger partial charge < -0.3 is 3.79 Å². The van der Waals surface area contributed by atoms with Gasteiger partial charge in [-0.3, -0.25) is 4.90 Å². The van der Waals surface area contributed by atoms with Crippen LogP contribution in [0.25, 0.3) is 0 Å². The molecule has 0 aliphatic carbocycles. The van der Waals surface area contributed by atoms with Crippen LogP contribution in [0.1, 0.15) is 60.3 Å². The van der Waals surface area contributed by atoms with Gasteiger partial charge in [0.15, 0.2) is 0 Å². The Morgan fingerprint density at radius 1 is 0.941 bits per heavy atom. The van der Waals surface area contributed by atoms with E-state index in [2.05, 4.69) is 39.5 Å². The summed E-state index contributed by atoms with van der Waals surface area (Å²) in [7, 11) is 0. The molecule has 0 aliphatic rings. The minimum absolute atomic E-state index is 0.338. The molecular weight excluding hydrogens is 225 g/mol. The second kappa shape index (κ2) is 11.5. The Morgan fingerprint density at radius 2 is 1.41 bits per heavy atom. The Kier molecular flexibility index (Phi) is 11.8. The van der Waals surface area contributed by atoms with E-state index in [0.29, 0.717) is 6.23 Å². The molecule has 2 nitrogen and oxygen atoms in total. The first-order valence-electron chi connectivity index (χ1n) is 7.58. The van der Waals surface area contributed by atoms with Gasteiger partial charge in [0.2, 0.25) is 0 Å². The van der Waals surface area contributed by atoms with Gasteiger partial charge in [0.25, 0.3) is 0 Å². The van der Waals surface area contributed by atoms with Gasteiger partial charge in [-0.25, -0.2) is 0 Å². The smallest absolute Gasteiger partial charge is 0.461 e. The summed E-state index contributed by atoms with van der Waals surface area (Å²) in [5.74, 6) is 0. The molecule has 1 unspecified atom stereocenters. The van der Waals surface area contributed by atoms with Crippen LogP contribution >= 0.6 is 0 Å². The quantitative estimate of drug-likeness (QED) is 0.404. The van der Waals surface area contributed by atoms with Crippen molar-refractivity contribution in [1.29, 1.82) is 0 Å². The first kappa shape index (κ1) is 17.5.